The van der Waals surface area contributed by atoms with Gasteiger partial charge in [0.05, 0.1) is 15.9 Å². The summed E-state index contributed by atoms with van der Waals surface area (Å²) in [7, 11) is -3.32. The van der Waals surface area contributed by atoms with Gasteiger partial charge >= 0.3 is 0 Å². The first-order chi connectivity index (χ1) is 10.6. The molecule has 1 rings (SSSR count). The van der Waals surface area contributed by atoms with Gasteiger partial charge in [0, 0.05) is 17.0 Å². The molecule has 0 heterocycles. The Labute approximate surface area is 155 Å². The van der Waals surface area contributed by atoms with E-state index in [1.807, 2.05) is 20.8 Å². The third-order valence-electron chi connectivity index (χ3n) is 3.30. The number of halogens is 1. The van der Waals surface area contributed by atoms with Crippen LogP contribution in [0.5, 0.6) is 0 Å². The van der Waals surface area contributed by atoms with Crippen molar-refractivity contribution in [3.05, 3.63) is 24.3 Å². The average Bonchev–Trinajstić information content (AvgIpc) is 2.47. The number of nitrogens with one attached hydrogen (secondary N) is 1. The standard InChI is InChI=1S/C16H26N2O3S2.ClH/c1-5-10-23(20,21)14-9-7-6-8-13(14)22-12(2)15(19)18-16(3,4)11-17;/h6-9,12H,5,10-11,17H2,1-4H3,(H,18,19);1H. The number of benzene rings is 1. The Hall–Kier alpha value is -0.760. The molecule has 1 aromatic carbocycles. The molecule has 0 saturated heterocycles. The lowest BCUT2D eigenvalue weighted by molar-refractivity contribution is -0.121. The Balaban J connectivity index is 0.00000529. The minimum Gasteiger partial charge on any atom is -0.349 e. The monoisotopic (exact) mass is 394 g/mol. The molecule has 0 saturated carbocycles. The van der Waals surface area contributed by atoms with Gasteiger partial charge in [-0.2, -0.15) is 0 Å². The molecule has 24 heavy (non-hydrogen) atoms. The molecule has 0 aliphatic carbocycles. The van der Waals surface area contributed by atoms with Crippen molar-refractivity contribution in [3.63, 3.8) is 0 Å². The fraction of sp³-hybridized carbons (Fsp3) is 0.562. The minimum absolute atomic E-state index is 0. The molecule has 1 atom stereocenters. The third kappa shape index (κ3) is 6.63. The molecule has 0 fully saturated rings. The zero-order valence-electron chi connectivity index (χ0n) is 14.5. The van der Waals surface area contributed by atoms with Crippen LogP contribution in [0.1, 0.15) is 34.1 Å². The van der Waals surface area contributed by atoms with Crippen LogP contribution >= 0.6 is 24.2 Å². The van der Waals surface area contributed by atoms with Crippen LogP contribution in [0.25, 0.3) is 0 Å². The number of carbonyl (C=O) groups excluding carboxylic acids is 1. The first-order valence-electron chi connectivity index (χ1n) is 7.63. The molecule has 0 aromatic heterocycles. The predicted octanol–water partition coefficient (Wildman–Crippen LogP) is 2.63. The van der Waals surface area contributed by atoms with Crippen LogP contribution in [0.2, 0.25) is 0 Å². The maximum absolute atomic E-state index is 12.3. The highest BCUT2D eigenvalue weighted by Crippen LogP contribution is 2.31. The molecule has 5 nitrogen and oxygen atoms in total. The van der Waals surface area contributed by atoms with E-state index in [1.165, 1.54) is 11.8 Å². The van der Waals surface area contributed by atoms with Gasteiger partial charge in [-0.1, -0.05) is 19.1 Å². The molecule has 1 aromatic rings. The zero-order valence-corrected chi connectivity index (χ0v) is 17.0. The molecule has 0 spiro atoms. The molecule has 0 aliphatic rings. The van der Waals surface area contributed by atoms with Crippen molar-refractivity contribution >= 4 is 39.9 Å². The van der Waals surface area contributed by atoms with Gasteiger partial charge in [0.1, 0.15) is 0 Å². The number of hydrogen-bond acceptors (Lipinski definition) is 5. The Morgan fingerprint density at radius 2 is 1.92 bits per heavy atom. The summed E-state index contributed by atoms with van der Waals surface area (Å²) in [6.07, 6.45) is 0.558. The summed E-state index contributed by atoms with van der Waals surface area (Å²) in [6.45, 7) is 7.62. The number of rotatable bonds is 8. The van der Waals surface area contributed by atoms with Crippen molar-refractivity contribution in [1.82, 2.24) is 5.32 Å². The van der Waals surface area contributed by atoms with Gasteiger partial charge in [-0.3, -0.25) is 4.79 Å². The number of nitrogens with two attached hydrogens (primary N) is 1. The summed E-state index contributed by atoms with van der Waals surface area (Å²) in [5.41, 5.74) is 5.13. The highest BCUT2D eigenvalue weighted by Gasteiger charge is 2.25. The van der Waals surface area contributed by atoms with Crippen LogP contribution in [0.3, 0.4) is 0 Å². The number of sulfone groups is 1. The molecule has 1 unspecified atom stereocenters. The Morgan fingerprint density at radius 3 is 2.46 bits per heavy atom. The van der Waals surface area contributed by atoms with Crippen molar-refractivity contribution < 1.29 is 13.2 Å². The van der Waals surface area contributed by atoms with Gasteiger partial charge in [-0.15, -0.1) is 24.2 Å². The summed E-state index contributed by atoms with van der Waals surface area (Å²) in [6, 6.07) is 6.82. The lowest BCUT2D eigenvalue weighted by Gasteiger charge is -2.26. The fourth-order valence-corrected chi connectivity index (χ4v) is 4.74. The SMILES string of the molecule is CCCS(=O)(=O)c1ccccc1SC(C)C(=O)NC(C)(C)CN.Cl. The topological polar surface area (TPSA) is 89.3 Å². The van der Waals surface area contributed by atoms with Crippen molar-refractivity contribution in [2.75, 3.05) is 12.3 Å². The summed E-state index contributed by atoms with van der Waals surface area (Å²) >= 11 is 1.25. The third-order valence-corrected chi connectivity index (χ3v) is 6.58. The lowest BCUT2D eigenvalue weighted by Crippen LogP contribution is -2.51. The Morgan fingerprint density at radius 1 is 1.33 bits per heavy atom. The largest absolute Gasteiger partial charge is 0.349 e. The second kappa shape index (κ2) is 9.65. The highest BCUT2D eigenvalue weighted by molar-refractivity contribution is 8.01. The van der Waals surface area contributed by atoms with Gasteiger partial charge in [-0.25, -0.2) is 8.42 Å². The van der Waals surface area contributed by atoms with E-state index in [1.54, 1.807) is 31.2 Å². The van der Waals surface area contributed by atoms with E-state index in [4.69, 9.17) is 5.73 Å². The zero-order chi connectivity index (χ0) is 17.7. The van der Waals surface area contributed by atoms with Crippen LogP contribution in [-0.4, -0.2) is 37.4 Å². The molecule has 138 valence electrons. The second-order valence-electron chi connectivity index (χ2n) is 6.10. The molecular weight excluding hydrogens is 368 g/mol. The predicted molar refractivity (Wildman–Crippen MR) is 103 cm³/mol. The fourth-order valence-electron chi connectivity index (χ4n) is 1.91. The molecule has 0 aliphatic heterocycles. The Kier molecular flexibility index (Phi) is 9.35. The summed E-state index contributed by atoms with van der Waals surface area (Å²) < 4.78 is 24.7. The maximum atomic E-state index is 12.3. The lowest BCUT2D eigenvalue weighted by atomic mass is 10.1. The van der Waals surface area contributed by atoms with E-state index in [0.717, 1.165) is 0 Å². The van der Waals surface area contributed by atoms with E-state index in [-0.39, 0.29) is 24.1 Å². The van der Waals surface area contributed by atoms with Crippen LogP contribution < -0.4 is 11.1 Å². The van der Waals surface area contributed by atoms with Crippen molar-refractivity contribution in [3.8, 4) is 0 Å². The quantitative estimate of drug-likeness (QED) is 0.661. The van der Waals surface area contributed by atoms with E-state index < -0.39 is 20.6 Å². The summed E-state index contributed by atoms with van der Waals surface area (Å²) in [4.78, 5) is 13.2. The van der Waals surface area contributed by atoms with E-state index in [9.17, 15) is 13.2 Å². The Bertz CT molecular complexity index is 648. The van der Waals surface area contributed by atoms with Gasteiger partial charge < -0.3 is 11.1 Å². The highest BCUT2D eigenvalue weighted by atomic mass is 35.5. The van der Waals surface area contributed by atoms with Gasteiger partial charge in [0.2, 0.25) is 5.91 Å². The molecule has 0 bridgehead atoms. The normalized spacial score (nSPS) is 13.0. The van der Waals surface area contributed by atoms with Gasteiger partial charge in [-0.05, 0) is 39.3 Å². The van der Waals surface area contributed by atoms with Crippen LogP contribution in [0.4, 0.5) is 0 Å². The number of thioether (sulfide) groups is 1. The number of carbonyl (C=O) groups is 1. The molecule has 3 N–H and O–H groups in total. The average molecular weight is 395 g/mol. The minimum atomic E-state index is -3.32. The molecule has 0 radical (unpaired) electrons. The van der Waals surface area contributed by atoms with E-state index >= 15 is 0 Å². The van der Waals surface area contributed by atoms with Crippen LogP contribution in [0.15, 0.2) is 34.1 Å². The molecule has 1 amide bonds. The van der Waals surface area contributed by atoms with Crippen LogP contribution in [0, 0.1) is 0 Å². The van der Waals surface area contributed by atoms with E-state index in [0.29, 0.717) is 22.8 Å². The van der Waals surface area contributed by atoms with Crippen molar-refractivity contribution in [1.29, 1.82) is 0 Å². The first kappa shape index (κ1) is 23.2. The molecular formula is C16H27ClN2O3S2. The maximum Gasteiger partial charge on any atom is 0.233 e. The first-order valence-corrected chi connectivity index (χ1v) is 10.2. The number of amides is 1. The van der Waals surface area contributed by atoms with Gasteiger partial charge in [0.15, 0.2) is 9.84 Å². The van der Waals surface area contributed by atoms with Gasteiger partial charge in [0.25, 0.3) is 0 Å². The van der Waals surface area contributed by atoms with Crippen molar-refractivity contribution in [2.24, 2.45) is 5.73 Å². The smallest absolute Gasteiger partial charge is 0.233 e. The molecule has 8 heteroatoms. The second-order valence-corrected chi connectivity index (χ2v) is 9.56. The van der Waals surface area contributed by atoms with Crippen molar-refractivity contribution in [2.45, 2.75) is 54.7 Å². The van der Waals surface area contributed by atoms with Crippen LogP contribution in [-0.2, 0) is 14.6 Å². The van der Waals surface area contributed by atoms with E-state index in [2.05, 4.69) is 5.32 Å². The summed E-state index contributed by atoms with van der Waals surface area (Å²) in [5, 5.41) is 2.46. The number of hydrogen-bond donors (Lipinski definition) is 2. The summed E-state index contributed by atoms with van der Waals surface area (Å²) in [5.74, 6) is -0.0566.